The number of carbonyl (C=O) groups is 2. The molecule has 1 amide bonds. The summed E-state index contributed by atoms with van der Waals surface area (Å²) in [6.07, 6.45) is 14.1. The molecule has 0 saturated carbocycles. The maximum absolute atomic E-state index is 12.9. The minimum absolute atomic E-state index is 0.0531. The van der Waals surface area contributed by atoms with Gasteiger partial charge in [0.25, 0.3) is 5.91 Å². The Bertz CT molecular complexity index is 1540. The summed E-state index contributed by atoms with van der Waals surface area (Å²) in [4.78, 5) is 35.4. The standard InChI is InChI=1S/C39H49N3O4S/c1-5-6-7-8-9-10-11-12-23-46-33-19-17-29(18-20-33)31-26-40-37(41-27-31)30-15-13-28(14-16-30)24-32(25-36(43)44)42-38(45)34-21-22-35(47-34)39(2,3)4/h13-22,26-27,32H,5-12,23-25H2,1-4H3,(H,42,45)(H,43,44)/t32-/m0/s1. The lowest BCUT2D eigenvalue weighted by Gasteiger charge is -2.17. The van der Waals surface area contributed by atoms with Gasteiger partial charge in [0.2, 0.25) is 0 Å². The number of carboxylic acid groups (broad SMARTS) is 1. The molecule has 0 fully saturated rings. The molecule has 7 nitrogen and oxygen atoms in total. The highest BCUT2D eigenvalue weighted by atomic mass is 32.1. The molecule has 0 aliphatic rings. The molecular formula is C39H49N3O4S. The molecular weight excluding hydrogens is 607 g/mol. The second kappa shape index (κ2) is 17.8. The second-order valence-corrected chi connectivity index (χ2v) is 14.3. The van der Waals surface area contributed by atoms with Crippen molar-refractivity contribution in [2.45, 2.75) is 103 Å². The van der Waals surface area contributed by atoms with E-state index in [1.54, 1.807) is 6.07 Å². The van der Waals surface area contributed by atoms with Gasteiger partial charge >= 0.3 is 5.97 Å². The highest BCUT2D eigenvalue weighted by Gasteiger charge is 2.22. The van der Waals surface area contributed by atoms with E-state index in [1.807, 2.05) is 67.0 Å². The maximum Gasteiger partial charge on any atom is 0.305 e. The molecule has 2 heterocycles. The number of nitrogens with zero attached hydrogens (tertiary/aromatic N) is 2. The first-order chi connectivity index (χ1) is 22.6. The van der Waals surface area contributed by atoms with Gasteiger partial charge in [-0.2, -0.15) is 0 Å². The third-order valence-electron chi connectivity index (χ3n) is 8.13. The van der Waals surface area contributed by atoms with Crippen molar-refractivity contribution in [3.63, 3.8) is 0 Å². The molecule has 2 aromatic heterocycles. The van der Waals surface area contributed by atoms with Gasteiger partial charge in [-0.05, 0) is 53.6 Å². The number of aliphatic carboxylic acids is 1. The monoisotopic (exact) mass is 655 g/mol. The van der Waals surface area contributed by atoms with Crippen LogP contribution in [-0.4, -0.2) is 39.6 Å². The van der Waals surface area contributed by atoms with E-state index in [2.05, 4.69) is 43.0 Å². The molecule has 0 aliphatic heterocycles. The summed E-state index contributed by atoms with van der Waals surface area (Å²) in [5.74, 6) is 0.278. The summed E-state index contributed by atoms with van der Waals surface area (Å²) in [6.45, 7) is 9.30. The zero-order chi connectivity index (χ0) is 33.6. The van der Waals surface area contributed by atoms with Crippen molar-refractivity contribution in [1.82, 2.24) is 15.3 Å². The first-order valence-electron chi connectivity index (χ1n) is 16.9. The smallest absolute Gasteiger partial charge is 0.305 e. The number of nitrogens with one attached hydrogen (secondary N) is 1. The third-order valence-corrected chi connectivity index (χ3v) is 9.64. The SMILES string of the molecule is CCCCCCCCCCOc1ccc(-c2cnc(-c3ccc(C[C@@H](CC(=O)O)NC(=O)c4ccc(C(C)(C)C)s4)cc3)nc2)cc1. The zero-order valence-electron chi connectivity index (χ0n) is 28.3. The molecule has 0 radical (unpaired) electrons. The molecule has 0 bridgehead atoms. The third kappa shape index (κ3) is 11.6. The van der Waals surface area contributed by atoms with E-state index < -0.39 is 12.0 Å². The van der Waals surface area contributed by atoms with Crippen LogP contribution in [0.25, 0.3) is 22.5 Å². The second-order valence-electron chi connectivity index (χ2n) is 13.2. The Morgan fingerprint density at radius 3 is 2.02 bits per heavy atom. The summed E-state index contributed by atoms with van der Waals surface area (Å²) in [7, 11) is 0. The van der Waals surface area contributed by atoms with Crippen LogP contribution in [0.4, 0.5) is 0 Å². The van der Waals surface area contributed by atoms with Gasteiger partial charge in [-0.15, -0.1) is 11.3 Å². The number of unbranched alkanes of at least 4 members (excludes halogenated alkanes) is 7. The molecule has 4 aromatic rings. The molecule has 2 N–H and O–H groups in total. The molecule has 4 rings (SSSR count). The Morgan fingerprint density at radius 2 is 1.43 bits per heavy atom. The number of aromatic nitrogens is 2. The first kappa shape index (κ1) is 35.8. The van der Waals surface area contributed by atoms with Crippen LogP contribution >= 0.6 is 11.3 Å². The van der Waals surface area contributed by atoms with E-state index >= 15 is 0 Å². The minimum Gasteiger partial charge on any atom is -0.494 e. The Labute approximate surface area is 283 Å². The molecule has 47 heavy (non-hydrogen) atoms. The van der Waals surface area contributed by atoms with Gasteiger partial charge < -0.3 is 15.2 Å². The van der Waals surface area contributed by atoms with E-state index in [0.29, 0.717) is 17.1 Å². The number of hydrogen-bond donors (Lipinski definition) is 2. The van der Waals surface area contributed by atoms with Gasteiger partial charge in [-0.3, -0.25) is 9.59 Å². The van der Waals surface area contributed by atoms with Gasteiger partial charge in [-0.1, -0.05) is 109 Å². The van der Waals surface area contributed by atoms with Gasteiger partial charge in [0.05, 0.1) is 17.9 Å². The molecule has 250 valence electrons. The molecule has 0 unspecified atom stereocenters. The summed E-state index contributed by atoms with van der Waals surface area (Å²) < 4.78 is 5.94. The average molecular weight is 656 g/mol. The van der Waals surface area contributed by atoms with Crippen molar-refractivity contribution in [1.29, 1.82) is 0 Å². The van der Waals surface area contributed by atoms with Crippen LogP contribution < -0.4 is 10.1 Å². The lowest BCUT2D eigenvalue weighted by molar-refractivity contribution is -0.137. The molecule has 0 aliphatic carbocycles. The van der Waals surface area contributed by atoms with E-state index in [4.69, 9.17) is 4.74 Å². The molecule has 8 heteroatoms. The first-order valence-corrected chi connectivity index (χ1v) is 17.7. The van der Waals surface area contributed by atoms with Crippen LogP contribution in [0.15, 0.2) is 73.1 Å². The topological polar surface area (TPSA) is 101 Å². The average Bonchev–Trinajstić information content (AvgIpc) is 3.56. The van der Waals surface area contributed by atoms with Crippen molar-refractivity contribution >= 4 is 23.2 Å². The molecule has 1 atom stereocenters. The fourth-order valence-corrected chi connectivity index (χ4v) is 6.34. The zero-order valence-corrected chi connectivity index (χ0v) is 29.1. The molecule has 0 saturated heterocycles. The Morgan fingerprint density at radius 1 is 0.809 bits per heavy atom. The number of amides is 1. The highest BCUT2D eigenvalue weighted by molar-refractivity contribution is 7.14. The minimum atomic E-state index is -0.956. The van der Waals surface area contributed by atoms with Crippen LogP contribution in [-0.2, 0) is 16.6 Å². The highest BCUT2D eigenvalue weighted by Crippen LogP contribution is 2.30. The Balaban J connectivity index is 1.28. The van der Waals surface area contributed by atoms with Crippen LogP contribution in [0, 0.1) is 0 Å². The summed E-state index contributed by atoms with van der Waals surface area (Å²) in [6, 6.07) is 19.0. The molecule has 2 aromatic carbocycles. The Kier molecular flexibility index (Phi) is 13.5. The normalized spacial score (nSPS) is 12.1. The van der Waals surface area contributed by atoms with Crippen molar-refractivity contribution in [3.8, 4) is 28.3 Å². The lowest BCUT2D eigenvalue weighted by Crippen LogP contribution is -2.37. The van der Waals surface area contributed by atoms with Gasteiger partial charge in [0.1, 0.15) is 5.75 Å². The number of hydrogen-bond acceptors (Lipinski definition) is 6. The van der Waals surface area contributed by atoms with Crippen molar-refractivity contribution < 1.29 is 19.4 Å². The summed E-state index contributed by atoms with van der Waals surface area (Å²) >= 11 is 1.44. The van der Waals surface area contributed by atoms with E-state index in [1.165, 1.54) is 56.3 Å². The maximum atomic E-state index is 12.9. The largest absolute Gasteiger partial charge is 0.494 e. The predicted molar refractivity (Wildman–Crippen MR) is 191 cm³/mol. The number of carbonyl (C=O) groups excluding carboxylic acids is 1. The van der Waals surface area contributed by atoms with Crippen molar-refractivity contribution in [3.05, 3.63) is 88.4 Å². The summed E-state index contributed by atoms with van der Waals surface area (Å²) in [5, 5.41) is 12.4. The molecule has 0 spiro atoms. The summed E-state index contributed by atoms with van der Waals surface area (Å²) in [5.41, 5.74) is 3.67. The Hall–Kier alpha value is -4.04. The fraction of sp³-hybridized carbons (Fsp3) is 0.436. The number of rotatable bonds is 18. The van der Waals surface area contributed by atoms with Crippen LogP contribution in [0.2, 0.25) is 0 Å². The number of thiophene rings is 1. The fourth-order valence-electron chi connectivity index (χ4n) is 5.37. The van der Waals surface area contributed by atoms with E-state index in [-0.39, 0.29) is 17.7 Å². The van der Waals surface area contributed by atoms with Crippen LogP contribution in [0.3, 0.4) is 0 Å². The van der Waals surface area contributed by atoms with Crippen molar-refractivity contribution in [2.24, 2.45) is 0 Å². The van der Waals surface area contributed by atoms with Gasteiger partial charge in [-0.25, -0.2) is 9.97 Å². The van der Waals surface area contributed by atoms with Crippen LogP contribution in [0.1, 0.15) is 106 Å². The van der Waals surface area contributed by atoms with Gasteiger partial charge in [0, 0.05) is 34.4 Å². The number of ether oxygens (including phenoxy) is 1. The van der Waals surface area contributed by atoms with Crippen LogP contribution in [0.5, 0.6) is 5.75 Å². The number of carboxylic acids is 1. The number of benzene rings is 2. The van der Waals surface area contributed by atoms with E-state index in [0.717, 1.165) is 45.9 Å². The van der Waals surface area contributed by atoms with E-state index in [9.17, 15) is 14.7 Å². The van der Waals surface area contributed by atoms with Gasteiger partial charge in [0.15, 0.2) is 5.82 Å². The lowest BCUT2D eigenvalue weighted by atomic mass is 9.95. The predicted octanol–water partition coefficient (Wildman–Crippen LogP) is 9.50. The quantitative estimate of drug-likeness (QED) is 0.104. The van der Waals surface area contributed by atoms with Crippen molar-refractivity contribution in [2.75, 3.05) is 6.61 Å².